The Bertz CT molecular complexity index is 1560. The van der Waals surface area contributed by atoms with E-state index in [2.05, 4.69) is 32.1 Å². The van der Waals surface area contributed by atoms with Crippen LogP contribution >= 0.6 is 0 Å². The molecule has 1 amide bonds. The molecule has 4 aromatic rings. The minimum atomic E-state index is -0.988. The van der Waals surface area contributed by atoms with Crippen molar-refractivity contribution in [2.75, 3.05) is 48.3 Å². The molecule has 0 saturated carbocycles. The highest BCUT2D eigenvalue weighted by Gasteiger charge is 2.25. The predicted molar refractivity (Wildman–Crippen MR) is 152 cm³/mol. The van der Waals surface area contributed by atoms with Gasteiger partial charge in [-0.3, -0.25) is 14.1 Å². The molecule has 1 saturated heterocycles. The Morgan fingerprint density at radius 2 is 1.82 bits per heavy atom. The summed E-state index contributed by atoms with van der Waals surface area (Å²) in [6, 6.07) is 12.0. The van der Waals surface area contributed by atoms with Crippen molar-refractivity contribution >= 4 is 34.3 Å². The largest absolute Gasteiger partial charge is 0.389 e. The lowest BCUT2D eigenvalue weighted by atomic mass is 10.1. The van der Waals surface area contributed by atoms with E-state index in [1.165, 1.54) is 18.5 Å². The average Bonchev–Trinajstić information content (AvgIpc) is 3.35. The van der Waals surface area contributed by atoms with E-state index in [1.54, 1.807) is 54.9 Å². The number of anilines is 4. The van der Waals surface area contributed by atoms with Gasteiger partial charge in [-0.05, 0) is 44.2 Å². The van der Waals surface area contributed by atoms with Gasteiger partial charge in [0.15, 0.2) is 11.6 Å². The third-order valence-corrected chi connectivity index (χ3v) is 6.66. The molecule has 1 aliphatic heterocycles. The van der Waals surface area contributed by atoms with Crippen LogP contribution in [-0.2, 0) is 4.79 Å². The number of hydrogen-bond donors (Lipinski definition) is 3. The smallest absolute Gasteiger partial charge is 0.247 e. The fourth-order valence-corrected chi connectivity index (χ4v) is 4.84. The van der Waals surface area contributed by atoms with Crippen LogP contribution < -0.4 is 15.5 Å². The molecule has 0 spiro atoms. The molecule has 2 aromatic carbocycles. The second-order valence-corrected chi connectivity index (χ2v) is 10.4. The van der Waals surface area contributed by atoms with Crippen LogP contribution in [0.1, 0.15) is 13.8 Å². The van der Waals surface area contributed by atoms with E-state index in [-0.39, 0.29) is 17.3 Å². The summed E-state index contributed by atoms with van der Waals surface area (Å²) in [4.78, 5) is 24.4. The number of benzene rings is 2. The first-order valence-corrected chi connectivity index (χ1v) is 12.9. The molecule has 11 heteroatoms. The number of aromatic nitrogens is 3. The van der Waals surface area contributed by atoms with Crippen LogP contribution in [0.5, 0.6) is 0 Å². The number of nitrogens with zero attached hydrogens (tertiary/aromatic N) is 5. The first-order valence-electron chi connectivity index (χ1n) is 12.9. The number of carbonyl (C=O) groups excluding carboxylic acids is 1. The van der Waals surface area contributed by atoms with Gasteiger partial charge in [0.25, 0.3) is 0 Å². The molecule has 9 nitrogen and oxygen atoms in total. The monoisotopic (exact) mass is 547 g/mol. The summed E-state index contributed by atoms with van der Waals surface area (Å²) in [7, 11) is 0. The van der Waals surface area contributed by atoms with Gasteiger partial charge < -0.3 is 20.6 Å². The third kappa shape index (κ3) is 5.95. The summed E-state index contributed by atoms with van der Waals surface area (Å²) >= 11 is 0. The number of fused-ring (bicyclic) bond motifs is 1. The van der Waals surface area contributed by atoms with Gasteiger partial charge in [-0.15, -0.1) is 0 Å². The molecule has 0 bridgehead atoms. The van der Waals surface area contributed by atoms with Crippen molar-refractivity contribution in [3.8, 4) is 11.3 Å². The second kappa shape index (κ2) is 11.0. The zero-order valence-electron chi connectivity index (χ0n) is 22.4. The first kappa shape index (κ1) is 27.2. The SMILES string of the molecule is C=CC(=O)Nc1cccc(-c2ncn3cnc(Nc4ccc(N5CCN(CC(C)(C)O)CC5)c(F)c4F)cc23)c1. The lowest BCUT2D eigenvalue weighted by Gasteiger charge is -2.38. The molecule has 1 aliphatic rings. The summed E-state index contributed by atoms with van der Waals surface area (Å²) in [6.07, 6.45) is 4.33. The normalized spacial score (nSPS) is 14.4. The van der Waals surface area contributed by atoms with Crippen LogP contribution in [0.25, 0.3) is 16.8 Å². The van der Waals surface area contributed by atoms with E-state index in [0.717, 1.165) is 5.56 Å². The molecule has 0 aliphatic carbocycles. The molecule has 0 atom stereocenters. The van der Waals surface area contributed by atoms with Gasteiger partial charge in [0, 0.05) is 50.0 Å². The van der Waals surface area contributed by atoms with Crippen LogP contribution in [0.2, 0.25) is 0 Å². The van der Waals surface area contributed by atoms with Crippen molar-refractivity contribution in [1.82, 2.24) is 19.3 Å². The number of nitrogens with one attached hydrogen (secondary N) is 2. The molecular formula is C29H31F2N7O2. The maximum Gasteiger partial charge on any atom is 0.247 e. The molecule has 0 radical (unpaired) electrons. The predicted octanol–water partition coefficient (Wildman–Crippen LogP) is 4.44. The van der Waals surface area contributed by atoms with Gasteiger partial charge in [-0.2, -0.15) is 0 Å². The van der Waals surface area contributed by atoms with Crippen LogP contribution in [0, 0.1) is 11.6 Å². The van der Waals surface area contributed by atoms with Crippen molar-refractivity contribution < 1.29 is 18.7 Å². The van der Waals surface area contributed by atoms with Crippen molar-refractivity contribution in [2.24, 2.45) is 0 Å². The van der Waals surface area contributed by atoms with E-state index >= 15 is 8.78 Å². The van der Waals surface area contributed by atoms with E-state index in [1.807, 2.05) is 11.0 Å². The number of piperazine rings is 1. The lowest BCUT2D eigenvalue weighted by Crippen LogP contribution is -2.50. The number of imidazole rings is 1. The quantitative estimate of drug-likeness (QED) is 0.281. The highest BCUT2D eigenvalue weighted by atomic mass is 19.2. The van der Waals surface area contributed by atoms with Crippen LogP contribution in [0.15, 0.2) is 67.8 Å². The molecule has 0 unspecified atom stereocenters. The zero-order valence-corrected chi connectivity index (χ0v) is 22.4. The molecule has 1 fully saturated rings. The number of hydrogen-bond acceptors (Lipinski definition) is 7. The van der Waals surface area contributed by atoms with E-state index in [9.17, 15) is 9.90 Å². The highest BCUT2D eigenvalue weighted by Crippen LogP contribution is 2.31. The fraction of sp³-hybridized carbons (Fsp3) is 0.276. The third-order valence-electron chi connectivity index (χ3n) is 6.66. The van der Waals surface area contributed by atoms with E-state index in [0.29, 0.717) is 55.4 Å². The van der Waals surface area contributed by atoms with Gasteiger partial charge in [0.2, 0.25) is 5.91 Å². The van der Waals surface area contributed by atoms with Crippen LogP contribution in [-0.4, -0.2) is 68.6 Å². The van der Waals surface area contributed by atoms with Crippen LogP contribution in [0.4, 0.5) is 31.7 Å². The molecule has 40 heavy (non-hydrogen) atoms. The number of halogens is 2. The van der Waals surface area contributed by atoms with Gasteiger partial charge in [-0.25, -0.2) is 18.7 Å². The van der Waals surface area contributed by atoms with E-state index < -0.39 is 17.2 Å². The Hall–Kier alpha value is -4.35. The first-order chi connectivity index (χ1) is 19.1. The fourth-order valence-electron chi connectivity index (χ4n) is 4.84. The molecule has 3 N–H and O–H groups in total. The Kier molecular flexibility index (Phi) is 7.51. The minimum Gasteiger partial charge on any atom is -0.389 e. The number of rotatable bonds is 8. The maximum atomic E-state index is 15.2. The Morgan fingerprint density at radius 3 is 2.55 bits per heavy atom. The lowest BCUT2D eigenvalue weighted by molar-refractivity contribution is -0.111. The second-order valence-electron chi connectivity index (χ2n) is 10.4. The van der Waals surface area contributed by atoms with Gasteiger partial charge in [-0.1, -0.05) is 18.7 Å². The van der Waals surface area contributed by atoms with Crippen molar-refractivity contribution in [3.05, 3.63) is 79.4 Å². The summed E-state index contributed by atoms with van der Waals surface area (Å²) in [5, 5.41) is 15.7. The van der Waals surface area contributed by atoms with Gasteiger partial charge in [0.05, 0.1) is 28.2 Å². The number of amides is 1. The highest BCUT2D eigenvalue weighted by molar-refractivity contribution is 5.99. The number of aliphatic hydroxyl groups is 1. The zero-order chi connectivity index (χ0) is 28.4. The van der Waals surface area contributed by atoms with Crippen molar-refractivity contribution in [2.45, 2.75) is 19.4 Å². The summed E-state index contributed by atoms with van der Waals surface area (Å²) < 4.78 is 32.1. The average molecular weight is 548 g/mol. The molecule has 5 rings (SSSR count). The molecule has 3 heterocycles. The molecular weight excluding hydrogens is 516 g/mol. The standard InChI is InChI=1S/C29H31F2N7O2/c1-4-25(39)34-20-7-5-6-19(14-20)28-23-15-24(32-17-38(23)18-33-28)35-21-8-9-22(27(31)26(21)30)37-12-10-36(11-13-37)16-29(2,3)40/h4-9,14-15,17-18,35,40H,1,10-13,16H2,2-3H3,(H,34,39). The van der Waals surface area contributed by atoms with Crippen LogP contribution in [0.3, 0.4) is 0 Å². The minimum absolute atomic E-state index is 0.0334. The number of β-amino-alcohol motifs (C(OH)–C–C–N with tert-alkyl or cyclic N) is 1. The maximum absolute atomic E-state index is 15.2. The van der Waals surface area contributed by atoms with Crippen molar-refractivity contribution in [1.29, 1.82) is 0 Å². The Morgan fingerprint density at radius 1 is 1.07 bits per heavy atom. The summed E-state index contributed by atoms with van der Waals surface area (Å²) in [6.45, 7) is 9.84. The topological polar surface area (TPSA) is 98.0 Å². The van der Waals surface area contributed by atoms with Gasteiger partial charge in [0.1, 0.15) is 18.5 Å². The molecule has 208 valence electrons. The summed E-state index contributed by atoms with van der Waals surface area (Å²) in [5.41, 5.74) is 2.02. The summed E-state index contributed by atoms with van der Waals surface area (Å²) in [5.74, 6) is -1.92. The Balaban J connectivity index is 1.34. The van der Waals surface area contributed by atoms with Crippen molar-refractivity contribution in [3.63, 3.8) is 0 Å². The Labute approximate surface area is 230 Å². The number of carbonyl (C=O) groups is 1. The van der Waals surface area contributed by atoms with Gasteiger partial charge >= 0.3 is 0 Å². The van der Waals surface area contributed by atoms with E-state index in [4.69, 9.17) is 0 Å². The molecule has 2 aromatic heterocycles.